The van der Waals surface area contributed by atoms with Crippen LogP contribution in [0.3, 0.4) is 0 Å². The molecule has 0 fully saturated rings. The lowest BCUT2D eigenvalue weighted by Crippen LogP contribution is -2.34. The molecule has 0 spiro atoms. The van der Waals surface area contributed by atoms with Gasteiger partial charge in [-0.15, -0.1) is 0 Å². The normalized spacial score (nSPS) is 11.1. The summed E-state index contributed by atoms with van der Waals surface area (Å²) in [5.41, 5.74) is -1.88. The SMILES string of the molecule is CCN(CC)C(=O)Nc1cc(C(=O)O)cc(C(F)(F)F)c1. The second-order valence-electron chi connectivity index (χ2n) is 4.20. The second-order valence-corrected chi connectivity index (χ2v) is 4.20. The van der Waals surface area contributed by atoms with Crippen molar-refractivity contribution in [1.82, 2.24) is 4.90 Å². The van der Waals surface area contributed by atoms with Crippen molar-refractivity contribution in [3.63, 3.8) is 0 Å². The summed E-state index contributed by atoms with van der Waals surface area (Å²) in [6.45, 7) is 4.20. The van der Waals surface area contributed by atoms with Gasteiger partial charge in [0.15, 0.2) is 0 Å². The zero-order chi connectivity index (χ0) is 16.2. The minimum Gasteiger partial charge on any atom is -0.478 e. The van der Waals surface area contributed by atoms with E-state index in [2.05, 4.69) is 5.32 Å². The number of urea groups is 1. The molecule has 0 aliphatic carbocycles. The van der Waals surface area contributed by atoms with E-state index in [1.165, 1.54) is 4.90 Å². The van der Waals surface area contributed by atoms with E-state index in [1.54, 1.807) is 13.8 Å². The number of rotatable bonds is 4. The third kappa shape index (κ3) is 4.37. The Bertz CT molecular complexity index is 540. The molecule has 1 aromatic carbocycles. The van der Waals surface area contributed by atoms with Gasteiger partial charge in [0.2, 0.25) is 0 Å². The van der Waals surface area contributed by atoms with E-state index < -0.39 is 29.3 Å². The second kappa shape index (κ2) is 6.47. The van der Waals surface area contributed by atoms with Gasteiger partial charge in [0.1, 0.15) is 0 Å². The minimum atomic E-state index is -4.69. The first-order valence-electron chi connectivity index (χ1n) is 6.20. The number of amides is 2. The number of hydrogen-bond donors (Lipinski definition) is 2. The number of carbonyl (C=O) groups is 2. The molecule has 0 bridgehead atoms. The van der Waals surface area contributed by atoms with Crippen molar-refractivity contribution in [3.05, 3.63) is 29.3 Å². The first kappa shape index (κ1) is 16.8. The van der Waals surface area contributed by atoms with Crippen LogP contribution in [0.1, 0.15) is 29.8 Å². The van der Waals surface area contributed by atoms with Crippen LogP contribution in [-0.2, 0) is 6.18 Å². The van der Waals surface area contributed by atoms with Crippen molar-refractivity contribution in [3.8, 4) is 0 Å². The number of carboxylic acid groups (broad SMARTS) is 1. The van der Waals surface area contributed by atoms with Gasteiger partial charge in [0.25, 0.3) is 0 Å². The average Bonchev–Trinajstić information content (AvgIpc) is 2.38. The molecule has 116 valence electrons. The van der Waals surface area contributed by atoms with E-state index in [0.717, 1.165) is 6.07 Å². The van der Waals surface area contributed by atoms with Crippen LogP contribution in [0.25, 0.3) is 0 Å². The number of carbonyl (C=O) groups excluding carboxylic acids is 1. The van der Waals surface area contributed by atoms with Gasteiger partial charge in [-0.1, -0.05) is 0 Å². The first-order chi connectivity index (χ1) is 9.68. The van der Waals surface area contributed by atoms with Crippen LogP contribution in [0.5, 0.6) is 0 Å². The lowest BCUT2D eigenvalue weighted by molar-refractivity contribution is -0.137. The molecule has 2 amide bonds. The Morgan fingerprint density at radius 1 is 1.19 bits per heavy atom. The van der Waals surface area contributed by atoms with E-state index in [1.807, 2.05) is 0 Å². The Morgan fingerprint density at radius 3 is 2.19 bits per heavy atom. The maximum absolute atomic E-state index is 12.7. The van der Waals surface area contributed by atoms with Crippen molar-refractivity contribution in [2.24, 2.45) is 0 Å². The summed E-state index contributed by atoms with van der Waals surface area (Å²) in [7, 11) is 0. The molecule has 5 nitrogen and oxygen atoms in total. The highest BCUT2D eigenvalue weighted by molar-refractivity contribution is 5.93. The van der Waals surface area contributed by atoms with E-state index in [9.17, 15) is 22.8 Å². The van der Waals surface area contributed by atoms with Gasteiger partial charge in [0.05, 0.1) is 11.1 Å². The molecular formula is C13H15F3N2O3. The molecular weight excluding hydrogens is 289 g/mol. The molecule has 0 saturated carbocycles. The Morgan fingerprint density at radius 2 is 1.76 bits per heavy atom. The highest BCUT2D eigenvalue weighted by Crippen LogP contribution is 2.32. The van der Waals surface area contributed by atoms with E-state index in [0.29, 0.717) is 25.2 Å². The average molecular weight is 304 g/mol. The van der Waals surface area contributed by atoms with Crippen LogP contribution in [0.4, 0.5) is 23.7 Å². The highest BCUT2D eigenvalue weighted by atomic mass is 19.4. The first-order valence-corrected chi connectivity index (χ1v) is 6.20. The Labute approximate surface area is 119 Å². The fourth-order valence-corrected chi connectivity index (χ4v) is 1.70. The number of carboxylic acids is 1. The summed E-state index contributed by atoms with van der Waals surface area (Å²) >= 11 is 0. The van der Waals surface area contributed by atoms with Gasteiger partial charge in [-0.25, -0.2) is 9.59 Å². The number of nitrogens with one attached hydrogen (secondary N) is 1. The molecule has 0 aromatic heterocycles. The number of halogens is 3. The predicted octanol–water partition coefficient (Wildman–Crippen LogP) is 3.28. The van der Waals surface area contributed by atoms with Crippen LogP contribution in [-0.4, -0.2) is 35.1 Å². The molecule has 1 aromatic rings. The fraction of sp³-hybridized carbons (Fsp3) is 0.385. The lowest BCUT2D eigenvalue weighted by Gasteiger charge is -2.20. The van der Waals surface area contributed by atoms with Crippen molar-refractivity contribution < 1.29 is 27.9 Å². The zero-order valence-electron chi connectivity index (χ0n) is 11.5. The molecule has 0 aliphatic rings. The van der Waals surface area contributed by atoms with E-state index >= 15 is 0 Å². The smallest absolute Gasteiger partial charge is 0.416 e. The van der Waals surface area contributed by atoms with Gasteiger partial charge in [-0.2, -0.15) is 13.2 Å². The third-order valence-electron chi connectivity index (χ3n) is 2.81. The molecule has 0 atom stereocenters. The molecule has 21 heavy (non-hydrogen) atoms. The van der Waals surface area contributed by atoms with Gasteiger partial charge < -0.3 is 15.3 Å². The number of nitrogens with zero attached hydrogens (tertiary/aromatic N) is 1. The Balaban J connectivity index is 3.15. The van der Waals surface area contributed by atoms with Crippen LogP contribution in [0.2, 0.25) is 0 Å². The third-order valence-corrected chi connectivity index (χ3v) is 2.81. The number of hydrogen-bond acceptors (Lipinski definition) is 2. The maximum atomic E-state index is 12.7. The molecule has 0 unspecified atom stereocenters. The van der Waals surface area contributed by atoms with Crippen molar-refractivity contribution >= 4 is 17.7 Å². The number of anilines is 1. The van der Waals surface area contributed by atoms with Crippen LogP contribution in [0, 0.1) is 0 Å². The lowest BCUT2D eigenvalue weighted by atomic mass is 10.1. The molecule has 0 radical (unpaired) electrons. The molecule has 0 saturated heterocycles. The topological polar surface area (TPSA) is 69.6 Å². The molecule has 2 N–H and O–H groups in total. The van der Waals surface area contributed by atoms with Gasteiger partial charge in [-0.3, -0.25) is 0 Å². The van der Waals surface area contributed by atoms with E-state index in [4.69, 9.17) is 5.11 Å². The number of aromatic carboxylic acids is 1. The summed E-state index contributed by atoms with van der Waals surface area (Å²) in [6.07, 6.45) is -4.69. The summed E-state index contributed by atoms with van der Waals surface area (Å²) < 4.78 is 38.2. The van der Waals surface area contributed by atoms with Crippen LogP contribution >= 0.6 is 0 Å². The summed E-state index contributed by atoms with van der Waals surface area (Å²) in [5, 5.41) is 11.1. The van der Waals surface area contributed by atoms with E-state index in [-0.39, 0.29) is 5.69 Å². The van der Waals surface area contributed by atoms with Crippen LogP contribution < -0.4 is 5.32 Å². The van der Waals surface area contributed by atoms with Gasteiger partial charge in [-0.05, 0) is 32.0 Å². The molecule has 8 heteroatoms. The Kier molecular flexibility index (Phi) is 5.17. The summed E-state index contributed by atoms with van der Waals surface area (Å²) in [5.74, 6) is -1.50. The molecule has 0 aliphatic heterocycles. The standard InChI is InChI=1S/C13H15F3N2O3/c1-3-18(4-2)12(21)17-10-6-8(11(19)20)5-9(7-10)13(14,15)16/h5-7H,3-4H2,1-2H3,(H,17,21)(H,19,20). The molecule has 0 heterocycles. The van der Waals surface area contributed by atoms with Crippen molar-refractivity contribution in [1.29, 1.82) is 0 Å². The number of alkyl halides is 3. The van der Waals surface area contributed by atoms with Gasteiger partial charge >= 0.3 is 18.2 Å². The minimum absolute atomic E-state index is 0.209. The quantitative estimate of drug-likeness (QED) is 0.897. The Hall–Kier alpha value is -2.25. The number of benzene rings is 1. The molecule has 1 rings (SSSR count). The summed E-state index contributed by atoms with van der Waals surface area (Å²) in [6, 6.07) is 1.62. The van der Waals surface area contributed by atoms with Gasteiger partial charge in [0, 0.05) is 18.8 Å². The largest absolute Gasteiger partial charge is 0.478 e. The maximum Gasteiger partial charge on any atom is 0.416 e. The van der Waals surface area contributed by atoms with Crippen LogP contribution in [0.15, 0.2) is 18.2 Å². The zero-order valence-corrected chi connectivity index (χ0v) is 11.5. The summed E-state index contributed by atoms with van der Waals surface area (Å²) in [4.78, 5) is 24.0. The van der Waals surface area contributed by atoms with Crippen molar-refractivity contribution in [2.45, 2.75) is 20.0 Å². The van der Waals surface area contributed by atoms with Crippen molar-refractivity contribution in [2.75, 3.05) is 18.4 Å². The predicted molar refractivity (Wildman–Crippen MR) is 70.3 cm³/mol. The monoisotopic (exact) mass is 304 g/mol. The highest BCUT2D eigenvalue weighted by Gasteiger charge is 2.32. The fourth-order valence-electron chi connectivity index (χ4n) is 1.70.